The molecule has 2 aromatic rings. The average Bonchev–Trinajstić information content (AvgIpc) is 1.62. The van der Waals surface area contributed by atoms with Crippen molar-refractivity contribution in [3.05, 3.63) is 76.8 Å². The van der Waals surface area contributed by atoms with Gasteiger partial charge in [0, 0.05) is 90.8 Å². The number of aliphatic hydroxyl groups is 7. The molecule has 2 aliphatic heterocycles. The molecule has 0 radical (unpaired) electrons. The maximum absolute atomic E-state index is 16.4. The van der Waals surface area contributed by atoms with Gasteiger partial charge in [-0.25, -0.2) is 0 Å². The fraction of sp³-hybridized carbons (Fsp3) is 0.706. The van der Waals surface area contributed by atoms with E-state index in [2.05, 4.69) is 40.1 Å². The number of aromatic amines is 1. The van der Waals surface area contributed by atoms with Crippen LogP contribution in [-0.4, -0.2) is 142 Å². The Kier molecular flexibility index (Phi) is 17.6. The summed E-state index contributed by atoms with van der Waals surface area (Å²) in [7, 11) is 2.98. The van der Waals surface area contributed by atoms with Crippen LogP contribution in [0.25, 0.3) is 0 Å². The van der Waals surface area contributed by atoms with E-state index in [4.69, 9.17) is 16.2 Å². The second-order valence-electron chi connectivity index (χ2n) is 29.0. The van der Waals surface area contributed by atoms with Gasteiger partial charge in [-0.2, -0.15) is 0 Å². The number of ketones is 2. The maximum atomic E-state index is 16.4. The van der Waals surface area contributed by atoms with Crippen LogP contribution in [0.3, 0.4) is 0 Å². The Hall–Kier alpha value is -4.36. The Morgan fingerprint density at radius 3 is 2.37 bits per heavy atom. The van der Waals surface area contributed by atoms with Gasteiger partial charge < -0.3 is 67.4 Å². The van der Waals surface area contributed by atoms with E-state index in [0.717, 1.165) is 30.4 Å². The molecule has 87 heavy (non-hydrogen) atoms. The number of carbonyl (C=O) groups excluding carboxylic acids is 3. The van der Waals surface area contributed by atoms with Crippen LogP contribution in [-0.2, 0) is 19.1 Å². The number of aromatic hydroxyl groups is 1. The van der Waals surface area contributed by atoms with E-state index in [1.807, 2.05) is 32.3 Å². The molecular formula is C68H93N5O12S2. The van der Waals surface area contributed by atoms with Crippen molar-refractivity contribution in [3.8, 4) is 17.6 Å². The number of phenols is 1. The standard InChI is InChI=1S/C68H93N5O12S2/c1-5-52-54(55(63(82)85-52)40-19-20-71-28-40)37-7-6-8-39-26-68(84)58-56(65(3)27-51(78)60(80)48-33-87-86-32-42(35-12-16-44(76)17-13-35)23-50(77)49(31-75)73-59(58)61(81)57(48)65)38-11-15-43(29-72-64(69)70)67(68,25-38)62(39)66(4,83)53(79)24-41(30-74)45-18-14-36-10-9-34(2)21-46(36)47(45)22-37/h12-14,16-17,19-20,28,34,37-39,41-43,45-49,51-57,60,62,71,73-76,78-80,83-84H,5,8-11,15,18,21-27,29-33H2,1-4H3,(H4,69,70,72). The Balaban J connectivity index is 1.06. The first-order valence-electron chi connectivity index (χ1n) is 32.5. The van der Waals surface area contributed by atoms with E-state index in [0.29, 0.717) is 55.8 Å². The van der Waals surface area contributed by atoms with E-state index in [1.165, 1.54) is 27.2 Å². The summed E-state index contributed by atoms with van der Waals surface area (Å²) in [5.41, 5.74) is 9.37. The number of esters is 1. The van der Waals surface area contributed by atoms with Crippen molar-refractivity contribution in [2.45, 2.75) is 171 Å². The number of allylic oxidation sites excluding steroid dienone is 3. The van der Waals surface area contributed by atoms with E-state index in [1.54, 1.807) is 31.2 Å². The van der Waals surface area contributed by atoms with Gasteiger partial charge in [0.2, 0.25) is 0 Å². The summed E-state index contributed by atoms with van der Waals surface area (Å²) in [4.78, 5) is 53.6. The minimum Gasteiger partial charge on any atom is -0.508 e. The van der Waals surface area contributed by atoms with Gasteiger partial charge in [-0.1, -0.05) is 72.1 Å². The quantitative estimate of drug-likeness (QED) is 0.0348. The number of cyclic esters (lactones) is 1. The number of phenolic OH excluding ortho intramolecular Hbond substituents is 1. The highest BCUT2D eigenvalue weighted by molar-refractivity contribution is 8.76. The molecule has 5 saturated carbocycles. The molecule has 1 aromatic carbocycles. The number of nitrogens with one attached hydrogen (secondary N) is 2. The molecule has 10 aliphatic rings. The number of nitrogens with two attached hydrogens (primary N) is 2. The monoisotopic (exact) mass is 1240 g/mol. The fourth-order valence-corrected chi connectivity index (χ4v) is 23.7. The number of hydrogen-bond acceptors (Lipinski definition) is 16. The fourth-order valence-electron chi connectivity index (χ4n) is 20.9. The zero-order chi connectivity index (χ0) is 61.6. The number of rotatable bonds is 8. The lowest BCUT2D eigenvalue weighted by molar-refractivity contribution is -0.230. The highest BCUT2D eigenvalue weighted by Crippen LogP contribution is 2.77. The minimum atomic E-state index is -2.02. The van der Waals surface area contributed by atoms with Crippen molar-refractivity contribution < 1.29 is 60.0 Å². The van der Waals surface area contributed by atoms with Crippen molar-refractivity contribution in [3.63, 3.8) is 0 Å². The van der Waals surface area contributed by atoms with Crippen LogP contribution in [0.1, 0.15) is 141 Å². The number of fused-ring (bicyclic) bond motifs is 10. The van der Waals surface area contributed by atoms with E-state index in [9.17, 15) is 40.5 Å². The molecule has 474 valence electrons. The molecule has 17 nitrogen and oxygen atoms in total. The molecule has 14 N–H and O–H groups in total. The Morgan fingerprint density at radius 1 is 0.885 bits per heavy atom. The second-order valence-corrected chi connectivity index (χ2v) is 31.5. The first kappa shape index (κ1) is 62.8. The van der Waals surface area contributed by atoms with Crippen LogP contribution >= 0.6 is 21.6 Å². The number of Topliss-reactive ketones (excluding diaryl/α,β-unsaturated/α-hetero) is 2. The average molecular weight is 1240 g/mol. The molecule has 4 bridgehead atoms. The second kappa shape index (κ2) is 24.4. The third kappa shape index (κ3) is 10.5. The summed E-state index contributed by atoms with van der Waals surface area (Å²) in [6, 6.07) is 7.29. The Labute approximate surface area is 519 Å². The number of H-pyrrole nitrogens is 1. The summed E-state index contributed by atoms with van der Waals surface area (Å²) in [5, 5.41) is 104. The predicted octanol–water partition coefficient (Wildman–Crippen LogP) is 6.24. The first-order valence-corrected chi connectivity index (χ1v) is 35.0. The molecule has 2 saturated heterocycles. The number of ether oxygens (including phenoxy) is 1. The predicted molar refractivity (Wildman–Crippen MR) is 333 cm³/mol. The van der Waals surface area contributed by atoms with Gasteiger partial charge in [-0.15, -0.1) is 5.92 Å². The van der Waals surface area contributed by atoms with Crippen LogP contribution in [0.4, 0.5) is 0 Å². The number of aromatic nitrogens is 1. The van der Waals surface area contributed by atoms with Crippen molar-refractivity contribution >= 4 is 45.1 Å². The number of guanidine groups is 1. The normalized spacial score (nSPS) is 45.5. The molecule has 3 heterocycles. The lowest BCUT2D eigenvalue weighted by Gasteiger charge is -2.68. The largest absolute Gasteiger partial charge is 0.508 e. The number of aliphatic imine (C=N–C) groups is 1. The third-order valence-corrected chi connectivity index (χ3v) is 27.1. The zero-order valence-corrected chi connectivity index (χ0v) is 52.4. The summed E-state index contributed by atoms with van der Waals surface area (Å²) in [5.74, 6) is 0.763. The molecule has 1 spiro atoms. The topological polar surface area (TPSA) is 315 Å². The number of hydrogen-bond donors (Lipinski definition) is 12. The van der Waals surface area contributed by atoms with Crippen LogP contribution in [0.2, 0.25) is 0 Å². The molecule has 12 rings (SSSR count). The number of aliphatic hydroxyl groups excluding tert-OH is 5. The molecule has 25 atom stereocenters. The summed E-state index contributed by atoms with van der Waals surface area (Å²) in [6.07, 6.45) is 8.05. The molecule has 8 aliphatic carbocycles. The number of nitrogens with zero attached hydrogens (tertiary/aromatic N) is 1. The highest BCUT2D eigenvalue weighted by Gasteiger charge is 2.79. The molecule has 19 heteroatoms. The summed E-state index contributed by atoms with van der Waals surface area (Å²) < 4.78 is 6.32. The Morgan fingerprint density at radius 2 is 1.66 bits per heavy atom. The first-order chi connectivity index (χ1) is 41.6. The van der Waals surface area contributed by atoms with Crippen LogP contribution in [0.15, 0.2) is 70.6 Å². The van der Waals surface area contributed by atoms with E-state index < -0.39 is 112 Å². The molecule has 0 amide bonds. The van der Waals surface area contributed by atoms with Gasteiger partial charge in [0.1, 0.15) is 17.9 Å². The van der Waals surface area contributed by atoms with E-state index >= 15 is 14.7 Å². The summed E-state index contributed by atoms with van der Waals surface area (Å²) >= 11 is 0. The van der Waals surface area contributed by atoms with Gasteiger partial charge in [-0.05, 0) is 178 Å². The lowest BCUT2D eigenvalue weighted by atomic mass is 9.37. The molecule has 25 unspecified atom stereocenters. The number of benzene rings is 1. The van der Waals surface area contributed by atoms with Crippen LogP contribution < -0.4 is 16.8 Å². The highest BCUT2D eigenvalue weighted by atomic mass is 33.1. The van der Waals surface area contributed by atoms with Crippen molar-refractivity contribution in [2.75, 3.05) is 31.3 Å². The number of carbonyl (C=O) groups is 3. The van der Waals surface area contributed by atoms with Gasteiger partial charge >= 0.3 is 5.97 Å². The lowest BCUT2D eigenvalue weighted by Crippen LogP contribution is -2.71. The van der Waals surface area contributed by atoms with Crippen molar-refractivity contribution in [2.24, 2.45) is 110 Å². The molecular weight excluding hydrogens is 1140 g/mol. The van der Waals surface area contributed by atoms with Gasteiger partial charge in [-0.3, -0.25) is 19.4 Å². The van der Waals surface area contributed by atoms with Gasteiger partial charge in [0.05, 0.1) is 47.7 Å². The van der Waals surface area contributed by atoms with E-state index in [-0.39, 0.29) is 122 Å². The van der Waals surface area contributed by atoms with Crippen LogP contribution in [0.5, 0.6) is 5.75 Å². The van der Waals surface area contributed by atoms with Gasteiger partial charge in [0.15, 0.2) is 17.5 Å². The SMILES string of the molecule is CCC1OC(=O)C(c2cc[nH]c2)C1C1C#CCC2CC3(O)C4=C5NC(CO)C(=O)CC(c6ccc(O)cc6)CSSCC6C(O)C(O)CC(C)(C4C4CCC(CN=C(N)N)C3(C4)C2C(C)(O)C(O)CC(CO)C2CC=C3CCC(C)CC3C2C1)C6C5=O. The third-order valence-electron chi connectivity index (χ3n) is 24.5. The zero-order valence-electron chi connectivity index (χ0n) is 50.8. The smallest absolute Gasteiger partial charge is 0.314 e. The Bertz CT molecular complexity index is 3070. The van der Waals surface area contributed by atoms with Crippen molar-refractivity contribution in [1.29, 1.82) is 0 Å². The molecule has 1 aromatic heterocycles. The van der Waals surface area contributed by atoms with Gasteiger partial charge in [0.25, 0.3) is 0 Å². The molecule has 7 fully saturated rings. The van der Waals surface area contributed by atoms with Crippen molar-refractivity contribution in [1.82, 2.24) is 10.3 Å². The maximum Gasteiger partial charge on any atom is 0.314 e. The summed E-state index contributed by atoms with van der Waals surface area (Å²) in [6.45, 7) is 7.12. The van der Waals surface area contributed by atoms with Crippen LogP contribution in [0, 0.1) is 106 Å². The minimum absolute atomic E-state index is 0.00111.